The number of allylic oxidation sites excluding steroid dienone is 2. The van der Waals surface area contributed by atoms with E-state index >= 15 is 0 Å². The number of nitrogens with zero attached hydrogens (tertiary/aromatic N) is 2. The van der Waals surface area contributed by atoms with Gasteiger partial charge in [-0.2, -0.15) is 0 Å². The fourth-order valence-electron chi connectivity index (χ4n) is 6.26. The second kappa shape index (κ2) is 7.57. The van der Waals surface area contributed by atoms with Crippen molar-refractivity contribution in [1.29, 1.82) is 0 Å². The first-order chi connectivity index (χ1) is 16.6. The van der Waals surface area contributed by atoms with Gasteiger partial charge in [-0.15, -0.1) is 0 Å². The molecular weight excluding hydrogens is 424 g/mol. The molecular formula is C28H32N4O2. The Morgan fingerprint density at radius 3 is 2.62 bits per heavy atom. The van der Waals surface area contributed by atoms with Crippen LogP contribution < -0.4 is 10.6 Å². The van der Waals surface area contributed by atoms with E-state index in [0.717, 1.165) is 57.3 Å². The van der Waals surface area contributed by atoms with Gasteiger partial charge in [0, 0.05) is 37.7 Å². The van der Waals surface area contributed by atoms with Crippen molar-refractivity contribution in [3.63, 3.8) is 0 Å². The maximum atomic E-state index is 13.4. The number of carbonyl (C=O) groups excluding carboxylic acids is 2. The minimum Gasteiger partial charge on any atom is -0.383 e. The molecule has 6 aliphatic rings. The number of benzene rings is 1. The molecule has 3 heterocycles. The van der Waals surface area contributed by atoms with Gasteiger partial charge in [0.1, 0.15) is 11.7 Å². The Bertz CT molecular complexity index is 1110. The number of rotatable bonds is 5. The third-order valence-corrected chi connectivity index (χ3v) is 8.61. The van der Waals surface area contributed by atoms with Crippen molar-refractivity contribution < 1.29 is 9.59 Å². The lowest BCUT2D eigenvalue weighted by atomic mass is 9.87. The zero-order valence-corrected chi connectivity index (χ0v) is 19.5. The van der Waals surface area contributed by atoms with Gasteiger partial charge in [-0.3, -0.25) is 14.9 Å². The molecule has 3 aliphatic carbocycles. The van der Waals surface area contributed by atoms with Gasteiger partial charge in [0.25, 0.3) is 0 Å². The number of fused-ring (bicyclic) bond motifs is 1. The Kier molecular flexibility index (Phi) is 4.57. The summed E-state index contributed by atoms with van der Waals surface area (Å²) in [6.45, 7) is 2.36. The minimum atomic E-state index is -0.351. The van der Waals surface area contributed by atoms with E-state index in [1.54, 1.807) is 0 Å². The van der Waals surface area contributed by atoms with Crippen LogP contribution in [0.25, 0.3) is 5.57 Å². The summed E-state index contributed by atoms with van der Waals surface area (Å²) >= 11 is 0. The average Bonchev–Trinajstić information content (AvgIpc) is 3.75. The molecule has 7 rings (SSSR count). The van der Waals surface area contributed by atoms with Crippen LogP contribution in [0.5, 0.6) is 0 Å². The molecule has 3 aliphatic heterocycles. The number of likely N-dealkylation sites (tertiary alicyclic amines) is 1. The zero-order valence-electron chi connectivity index (χ0n) is 19.5. The third kappa shape index (κ3) is 3.34. The van der Waals surface area contributed by atoms with Gasteiger partial charge >= 0.3 is 0 Å². The number of amides is 2. The fourth-order valence-corrected chi connectivity index (χ4v) is 6.26. The maximum absolute atomic E-state index is 13.4. The van der Waals surface area contributed by atoms with Gasteiger partial charge in [-0.1, -0.05) is 48.6 Å². The van der Waals surface area contributed by atoms with E-state index in [-0.39, 0.29) is 23.5 Å². The molecule has 3 unspecified atom stereocenters. The summed E-state index contributed by atoms with van der Waals surface area (Å²) in [5.74, 6) is 1.59. The normalized spacial score (nSPS) is 32.8. The molecule has 4 fully saturated rings. The van der Waals surface area contributed by atoms with E-state index < -0.39 is 0 Å². The summed E-state index contributed by atoms with van der Waals surface area (Å²) < 4.78 is 0. The smallest absolute Gasteiger partial charge is 0.244 e. The van der Waals surface area contributed by atoms with Gasteiger partial charge in [-0.25, -0.2) is 0 Å². The van der Waals surface area contributed by atoms with Gasteiger partial charge in [-0.05, 0) is 54.7 Å². The lowest BCUT2D eigenvalue weighted by Gasteiger charge is -2.28. The quantitative estimate of drug-likeness (QED) is 0.715. The largest absolute Gasteiger partial charge is 0.383 e. The highest BCUT2D eigenvalue weighted by Gasteiger charge is 2.59. The number of nitrogens with one attached hydrogen (secondary N) is 2. The standard InChI is InChI=1S/C28H32N4O2/c33-26(21-9-10-21)31-14-11-18(16-31)17-32-25(30-28(12-13-28)27(32)34)20-7-5-19(6-8-20)23-15-29-24-4-2-1-3-22(23)24/h1-8,15,18,21-22,24-25,29-30H,9-14,16-17H2/t18-,22?,24?,25?/m1/s1. The molecule has 2 saturated heterocycles. The predicted molar refractivity (Wildman–Crippen MR) is 130 cm³/mol. The molecule has 2 amide bonds. The van der Waals surface area contributed by atoms with Gasteiger partial charge in [0.2, 0.25) is 11.8 Å². The third-order valence-electron chi connectivity index (χ3n) is 8.61. The molecule has 1 aromatic carbocycles. The number of hydrogen-bond acceptors (Lipinski definition) is 4. The van der Waals surface area contributed by atoms with Crippen LogP contribution in [0.1, 0.15) is 49.4 Å². The maximum Gasteiger partial charge on any atom is 0.244 e. The van der Waals surface area contributed by atoms with Crippen LogP contribution in [-0.4, -0.2) is 52.8 Å². The van der Waals surface area contributed by atoms with E-state index in [1.807, 2.05) is 4.90 Å². The van der Waals surface area contributed by atoms with Crippen molar-refractivity contribution in [1.82, 2.24) is 20.4 Å². The summed E-state index contributed by atoms with van der Waals surface area (Å²) in [5, 5.41) is 7.15. The molecule has 2 saturated carbocycles. The first-order valence-electron chi connectivity index (χ1n) is 12.9. The average molecular weight is 457 g/mol. The van der Waals surface area contributed by atoms with Crippen molar-refractivity contribution in [2.75, 3.05) is 19.6 Å². The van der Waals surface area contributed by atoms with Crippen LogP contribution in [0, 0.1) is 17.8 Å². The highest BCUT2D eigenvalue weighted by molar-refractivity contribution is 5.92. The van der Waals surface area contributed by atoms with Crippen molar-refractivity contribution >= 4 is 17.4 Å². The molecule has 4 atom stereocenters. The Hall–Kier alpha value is -2.86. The van der Waals surface area contributed by atoms with E-state index in [1.165, 1.54) is 11.1 Å². The highest BCUT2D eigenvalue weighted by Crippen LogP contribution is 2.47. The van der Waals surface area contributed by atoms with Crippen molar-refractivity contribution in [3.8, 4) is 0 Å². The summed E-state index contributed by atoms with van der Waals surface area (Å²) in [5.41, 5.74) is 3.34. The van der Waals surface area contributed by atoms with Gasteiger partial charge < -0.3 is 15.1 Å². The van der Waals surface area contributed by atoms with Gasteiger partial charge in [0.05, 0.1) is 6.04 Å². The zero-order chi connectivity index (χ0) is 22.9. The number of carbonyl (C=O) groups is 2. The van der Waals surface area contributed by atoms with E-state index in [2.05, 4.69) is 70.3 Å². The highest BCUT2D eigenvalue weighted by atomic mass is 16.2. The van der Waals surface area contributed by atoms with E-state index in [4.69, 9.17) is 0 Å². The Morgan fingerprint density at radius 1 is 1.06 bits per heavy atom. The van der Waals surface area contributed by atoms with E-state index in [9.17, 15) is 9.59 Å². The van der Waals surface area contributed by atoms with E-state index in [0.29, 0.717) is 23.8 Å². The van der Waals surface area contributed by atoms with Crippen LogP contribution >= 0.6 is 0 Å². The summed E-state index contributed by atoms with van der Waals surface area (Å²) in [6, 6.07) is 9.11. The topological polar surface area (TPSA) is 64.7 Å². The molecule has 1 aromatic rings. The van der Waals surface area contributed by atoms with Crippen molar-refractivity contribution in [2.24, 2.45) is 17.8 Å². The first kappa shape index (κ1) is 20.5. The Morgan fingerprint density at radius 2 is 1.85 bits per heavy atom. The minimum absolute atomic E-state index is 0.0850. The van der Waals surface area contributed by atoms with Crippen LogP contribution in [0.3, 0.4) is 0 Å². The van der Waals surface area contributed by atoms with Gasteiger partial charge in [0.15, 0.2) is 0 Å². The van der Waals surface area contributed by atoms with Crippen LogP contribution in [0.2, 0.25) is 0 Å². The van der Waals surface area contributed by atoms with Crippen LogP contribution in [-0.2, 0) is 9.59 Å². The summed E-state index contributed by atoms with van der Waals surface area (Å²) in [7, 11) is 0. The molecule has 1 spiro atoms. The predicted octanol–water partition coefficient (Wildman–Crippen LogP) is 2.96. The van der Waals surface area contributed by atoms with Crippen LogP contribution in [0.15, 0.2) is 54.8 Å². The molecule has 0 aromatic heterocycles. The summed E-state index contributed by atoms with van der Waals surface area (Å²) in [6.07, 6.45) is 15.7. The lowest BCUT2D eigenvalue weighted by molar-refractivity contribution is -0.131. The molecule has 176 valence electrons. The van der Waals surface area contributed by atoms with Crippen molar-refractivity contribution in [2.45, 2.75) is 49.9 Å². The first-order valence-corrected chi connectivity index (χ1v) is 12.9. The second-order valence-corrected chi connectivity index (χ2v) is 11.0. The van der Waals surface area contributed by atoms with Crippen LogP contribution in [0.4, 0.5) is 0 Å². The SMILES string of the molecule is O=C(C1CC1)N1CC[C@@H](CN2C(=O)C3(CC3)NC2c2ccc(C3=CNC4C=CC=CC34)cc2)C1. The second-order valence-electron chi connectivity index (χ2n) is 11.0. The molecule has 2 N–H and O–H groups in total. The molecule has 0 radical (unpaired) electrons. The monoisotopic (exact) mass is 456 g/mol. The Labute approximate surface area is 200 Å². The number of hydrogen-bond donors (Lipinski definition) is 2. The molecule has 6 heteroatoms. The molecule has 0 bridgehead atoms. The summed E-state index contributed by atoms with van der Waals surface area (Å²) in [4.78, 5) is 30.0. The molecule has 6 nitrogen and oxygen atoms in total. The lowest BCUT2D eigenvalue weighted by Crippen LogP contribution is -2.37. The fraction of sp³-hybridized carbons (Fsp3) is 0.500. The molecule has 34 heavy (non-hydrogen) atoms. The van der Waals surface area contributed by atoms with Crippen molar-refractivity contribution in [3.05, 3.63) is 65.9 Å². The Balaban J connectivity index is 1.08.